The number of carbonyl (C=O) groups is 5. The van der Waals surface area contributed by atoms with E-state index >= 15 is 0 Å². The normalized spacial score (nSPS) is 17.1. The highest BCUT2D eigenvalue weighted by atomic mass is 35.5. The number of rotatable bonds is 13. The minimum Gasteiger partial charge on any atom is -0.481 e. The molecule has 1 fully saturated rings. The summed E-state index contributed by atoms with van der Waals surface area (Å²) in [6.45, 7) is -0.576. The lowest BCUT2D eigenvalue weighted by Crippen LogP contribution is -2.60. The van der Waals surface area contributed by atoms with Crippen LogP contribution in [0.25, 0.3) is 11.0 Å². The Kier molecular flexibility index (Phi) is 9.37. The van der Waals surface area contributed by atoms with Crippen molar-refractivity contribution in [2.24, 2.45) is 0 Å². The Balaban J connectivity index is 1.33. The fraction of sp³-hybridized carbons (Fsp3) is 0.308. The summed E-state index contributed by atoms with van der Waals surface area (Å²) in [4.78, 5) is 69.6. The number of aromatic amines is 1. The minimum absolute atomic E-state index is 0.00543. The van der Waals surface area contributed by atoms with Gasteiger partial charge in [0.05, 0.1) is 24.0 Å². The molecule has 2 aromatic carbocycles. The number of nitrogens with one attached hydrogen (secondary N) is 5. The third-order valence-electron chi connectivity index (χ3n) is 6.36. The maximum atomic E-state index is 12.9. The molecule has 0 spiro atoms. The Bertz CT molecular complexity index is 1390. The quantitative estimate of drug-likeness (QED) is 0.0751. The molecule has 6 N–H and O–H groups in total. The summed E-state index contributed by atoms with van der Waals surface area (Å²) in [6, 6.07) is 13.4. The molecule has 0 radical (unpaired) electrons. The van der Waals surface area contributed by atoms with Gasteiger partial charge in [-0.1, -0.05) is 35.9 Å². The van der Waals surface area contributed by atoms with Crippen molar-refractivity contribution in [1.29, 1.82) is 0 Å². The van der Waals surface area contributed by atoms with E-state index in [0.29, 0.717) is 29.5 Å². The van der Waals surface area contributed by atoms with Crippen molar-refractivity contribution in [1.82, 2.24) is 25.9 Å². The highest BCUT2D eigenvalue weighted by molar-refractivity contribution is 6.30. The summed E-state index contributed by atoms with van der Waals surface area (Å²) in [5.74, 6) is -2.08. The van der Waals surface area contributed by atoms with E-state index in [4.69, 9.17) is 16.3 Å². The van der Waals surface area contributed by atoms with Crippen molar-refractivity contribution >= 4 is 58.5 Å². The molecule has 1 aliphatic rings. The number of ether oxygens (including phenoxy) is 1. The lowest BCUT2D eigenvalue weighted by Gasteiger charge is -2.27. The number of carboxylic acids is 1. The fourth-order valence-corrected chi connectivity index (χ4v) is 4.46. The van der Waals surface area contributed by atoms with Gasteiger partial charge in [0, 0.05) is 18.0 Å². The van der Waals surface area contributed by atoms with Gasteiger partial charge in [-0.2, -0.15) is 4.48 Å². The largest absolute Gasteiger partial charge is 0.481 e. The van der Waals surface area contributed by atoms with Crippen LogP contribution in [-0.2, 0) is 25.7 Å². The number of hydrogen-bond donors (Lipinski definition) is 6. The van der Waals surface area contributed by atoms with Crippen LogP contribution in [0.2, 0.25) is 5.02 Å². The number of imide groups is 1. The maximum Gasteiger partial charge on any atom is 0.425 e. The van der Waals surface area contributed by atoms with Crippen LogP contribution >= 0.6 is 11.6 Å². The van der Waals surface area contributed by atoms with Crippen LogP contribution in [0.5, 0.6) is 0 Å². The number of nitrogens with zero attached hydrogens (tertiary/aromatic N) is 2. The van der Waals surface area contributed by atoms with Crippen LogP contribution in [-0.4, -0.2) is 81.8 Å². The molecular formula is C26H29ClN7O7+. The number of anilines is 1. The van der Waals surface area contributed by atoms with E-state index in [1.54, 1.807) is 24.3 Å². The average molecular weight is 587 g/mol. The number of urea groups is 1. The van der Waals surface area contributed by atoms with E-state index in [0.717, 1.165) is 11.0 Å². The molecule has 1 aliphatic heterocycles. The van der Waals surface area contributed by atoms with Crippen molar-refractivity contribution in [3.05, 3.63) is 59.1 Å². The summed E-state index contributed by atoms with van der Waals surface area (Å²) in [6.07, 6.45) is -2.66. The molecule has 216 valence electrons. The van der Waals surface area contributed by atoms with E-state index in [1.165, 1.54) is 0 Å². The lowest BCUT2D eigenvalue weighted by atomic mass is 10.2. The van der Waals surface area contributed by atoms with Gasteiger partial charge in [0.25, 0.3) is 5.91 Å². The first kappa shape index (κ1) is 29.3. The van der Waals surface area contributed by atoms with Crippen molar-refractivity contribution in [2.45, 2.75) is 25.6 Å². The number of aliphatic carboxylic acids is 1. The molecule has 2 heterocycles. The van der Waals surface area contributed by atoms with Gasteiger partial charge in [0.15, 0.2) is 6.54 Å². The number of alkyl carbamates (subject to hydrolysis) is 1. The summed E-state index contributed by atoms with van der Waals surface area (Å²) in [5.41, 5.74) is 2.27. The van der Waals surface area contributed by atoms with Gasteiger partial charge in [-0.25, -0.2) is 19.4 Å². The molecular weight excluding hydrogens is 558 g/mol. The number of para-hydroxylation sites is 2. The van der Waals surface area contributed by atoms with Crippen molar-refractivity contribution in [3.63, 3.8) is 0 Å². The molecule has 0 bridgehead atoms. The summed E-state index contributed by atoms with van der Waals surface area (Å²) in [5, 5.41) is 20.0. The first-order chi connectivity index (χ1) is 19.6. The van der Waals surface area contributed by atoms with Gasteiger partial charge >= 0.3 is 24.0 Å². The second kappa shape index (κ2) is 13.1. The third-order valence-corrected chi connectivity index (χ3v) is 6.61. The van der Waals surface area contributed by atoms with Crippen LogP contribution in [0, 0.1) is 0 Å². The minimum atomic E-state index is -1.35. The number of H-pyrrole nitrogens is 1. The number of aromatic nitrogens is 2. The van der Waals surface area contributed by atoms with Gasteiger partial charge in [0.2, 0.25) is 5.95 Å². The van der Waals surface area contributed by atoms with Gasteiger partial charge < -0.3 is 30.8 Å². The maximum absolute atomic E-state index is 12.9. The average Bonchev–Trinajstić information content (AvgIpc) is 3.46. The Hall–Kier alpha value is -4.69. The van der Waals surface area contributed by atoms with Gasteiger partial charge in [-0.05, 0) is 29.8 Å². The topological polar surface area (TPSA) is 192 Å². The lowest BCUT2D eigenvalue weighted by molar-refractivity contribution is -0.758. The Labute approximate surface area is 239 Å². The van der Waals surface area contributed by atoms with Crippen molar-refractivity contribution < 1.29 is 38.3 Å². The van der Waals surface area contributed by atoms with E-state index in [9.17, 15) is 29.1 Å². The SMILES string of the molecule is O=C(O)CC(NC(=O)C[N+]1(CCCNc2nc3ccccc3[nH]2)C(=O)CNC1=O)NC(=O)OCc1ccc(Cl)cc1. The Morgan fingerprint density at radius 3 is 2.54 bits per heavy atom. The number of fused-ring (bicyclic) bond motifs is 1. The predicted molar refractivity (Wildman–Crippen MR) is 147 cm³/mol. The smallest absolute Gasteiger partial charge is 0.425 e. The van der Waals surface area contributed by atoms with Crippen molar-refractivity contribution in [3.8, 4) is 0 Å². The molecule has 1 saturated heterocycles. The van der Waals surface area contributed by atoms with Crippen LogP contribution in [0.15, 0.2) is 48.5 Å². The van der Waals surface area contributed by atoms with E-state index in [2.05, 4.69) is 31.2 Å². The Morgan fingerprint density at radius 1 is 1.10 bits per heavy atom. The van der Waals surface area contributed by atoms with E-state index in [1.807, 2.05) is 24.3 Å². The first-order valence-electron chi connectivity index (χ1n) is 12.7. The molecule has 4 rings (SSSR count). The predicted octanol–water partition coefficient (Wildman–Crippen LogP) is 1.93. The van der Waals surface area contributed by atoms with E-state index < -0.39 is 53.5 Å². The van der Waals surface area contributed by atoms with Gasteiger partial charge in [0.1, 0.15) is 19.3 Å². The molecule has 0 aliphatic carbocycles. The summed E-state index contributed by atoms with van der Waals surface area (Å²) in [7, 11) is 0. The highest BCUT2D eigenvalue weighted by Crippen LogP contribution is 2.17. The monoisotopic (exact) mass is 586 g/mol. The van der Waals surface area contributed by atoms with Crippen LogP contribution < -0.4 is 21.3 Å². The standard InChI is InChI=1S/C26H28ClN7O7/c27-17-8-6-16(7-9-17)15-41-26(40)33-20(12-23(37)38)32-21(35)14-34(22(36)13-29-25(34)39)11-3-10-28-24-30-18-4-1-2-5-19(18)31-24/h1-2,4-9,20H,3,10-15H2,(H5-,28,29,30,31,32,33,35,37,38,39,40)/p+1. The number of amides is 5. The van der Waals surface area contributed by atoms with Crippen LogP contribution in [0.4, 0.5) is 15.5 Å². The van der Waals surface area contributed by atoms with Crippen molar-refractivity contribution in [2.75, 3.05) is 31.5 Å². The number of halogens is 1. The zero-order valence-electron chi connectivity index (χ0n) is 21.8. The number of quaternary nitrogens is 1. The molecule has 2 unspecified atom stereocenters. The zero-order chi connectivity index (χ0) is 29.4. The molecule has 2 atom stereocenters. The van der Waals surface area contributed by atoms with Crippen LogP contribution in [0.3, 0.4) is 0 Å². The van der Waals surface area contributed by atoms with Crippen LogP contribution in [0.1, 0.15) is 18.4 Å². The van der Waals surface area contributed by atoms with Gasteiger partial charge in [-0.15, -0.1) is 0 Å². The number of carbonyl (C=O) groups excluding carboxylic acids is 4. The molecule has 0 saturated carbocycles. The Morgan fingerprint density at radius 2 is 1.85 bits per heavy atom. The summed E-state index contributed by atoms with van der Waals surface area (Å²) >= 11 is 5.83. The third kappa shape index (κ3) is 7.70. The number of imidazole rings is 1. The molecule has 3 aromatic rings. The molecule has 15 heteroatoms. The molecule has 14 nitrogen and oxygen atoms in total. The highest BCUT2D eigenvalue weighted by Gasteiger charge is 2.51. The van der Waals surface area contributed by atoms with Gasteiger partial charge in [-0.3, -0.25) is 14.9 Å². The first-order valence-corrected chi connectivity index (χ1v) is 13.1. The molecule has 1 aromatic heterocycles. The summed E-state index contributed by atoms with van der Waals surface area (Å²) < 4.78 is 4.30. The fourth-order valence-electron chi connectivity index (χ4n) is 4.34. The van der Waals surface area contributed by atoms with E-state index in [-0.39, 0.29) is 19.7 Å². The number of hydrogen-bond acceptors (Lipinski definition) is 8. The zero-order valence-corrected chi connectivity index (χ0v) is 22.6. The number of benzene rings is 2. The molecule has 41 heavy (non-hydrogen) atoms. The second-order valence-corrected chi connectivity index (χ2v) is 9.79. The second-order valence-electron chi connectivity index (χ2n) is 9.35. The molecule has 5 amide bonds. The number of carboxylic acid groups (broad SMARTS) is 1.